The summed E-state index contributed by atoms with van der Waals surface area (Å²) >= 11 is 0. The van der Waals surface area contributed by atoms with Crippen molar-refractivity contribution in [3.63, 3.8) is 0 Å². The molecule has 0 amide bonds. The zero-order chi connectivity index (χ0) is 20.3. The van der Waals surface area contributed by atoms with Crippen LogP contribution in [-0.4, -0.2) is 0 Å². The molecule has 0 nitrogen and oxygen atoms in total. The van der Waals surface area contributed by atoms with Gasteiger partial charge in [0.05, 0.1) is 0 Å². The molecule has 29 heavy (non-hydrogen) atoms. The molecule has 0 heteroatoms. The minimum atomic E-state index is 0.611. The predicted octanol–water partition coefficient (Wildman–Crippen LogP) is 8.47. The average Bonchev–Trinajstić information content (AvgIpc) is 2.78. The molecular formula is C29H42. The van der Waals surface area contributed by atoms with Crippen LogP contribution in [0.1, 0.15) is 108 Å². The molecule has 0 aromatic heterocycles. The van der Waals surface area contributed by atoms with Crippen LogP contribution in [0.15, 0.2) is 36.4 Å². The maximum atomic E-state index is 3.56. The monoisotopic (exact) mass is 390 g/mol. The van der Waals surface area contributed by atoms with Crippen molar-refractivity contribution < 1.29 is 0 Å². The van der Waals surface area contributed by atoms with Crippen molar-refractivity contribution in [2.75, 3.05) is 0 Å². The number of unbranched alkanes of at least 4 members (excludes halogenated alkanes) is 2. The topological polar surface area (TPSA) is 0 Å². The molecule has 0 unspecified atom stereocenters. The van der Waals surface area contributed by atoms with E-state index >= 15 is 0 Å². The first kappa shape index (κ1) is 22.2. The van der Waals surface area contributed by atoms with E-state index in [4.69, 9.17) is 0 Å². The summed E-state index contributed by atoms with van der Waals surface area (Å²) in [6.45, 7) is 4.53. The highest BCUT2D eigenvalue weighted by molar-refractivity contribution is 5.26. The largest absolute Gasteiger partial charge is 0.0951 e. The third-order valence-electron chi connectivity index (χ3n) is 7.43. The van der Waals surface area contributed by atoms with Gasteiger partial charge in [0.25, 0.3) is 0 Å². The van der Waals surface area contributed by atoms with Crippen molar-refractivity contribution >= 4 is 0 Å². The summed E-state index contributed by atoms with van der Waals surface area (Å²) in [6.07, 6.45) is 22.2. The minimum absolute atomic E-state index is 0.611. The quantitative estimate of drug-likeness (QED) is 0.323. The van der Waals surface area contributed by atoms with E-state index in [0.717, 1.165) is 24.2 Å². The summed E-state index contributed by atoms with van der Waals surface area (Å²) in [6, 6.07) is 9.34. The molecule has 158 valence electrons. The molecule has 3 rings (SSSR count). The third kappa shape index (κ3) is 7.37. The first-order chi connectivity index (χ1) is 14.3. The molecule has 2 aliphatic carbocycles. The zero-order valence-corrected chi connectivity index (χ0v) is 19.0. The fourth-order valence-electron chi connectivity index (χ4n) is 5.30. The Morgan fingerprint density at radius 2 is 1.59 bits per heavy atom. The second-order valence-electron chi connectivity index (χ2n) is 9.57. The van der Waals surface area contributed by atoms with Crippen molar-refractivity contribution in [3.8, 4) is 11.8 Å². The van der Waals surface area contributed by atoms with E-state index in [-0.39, 0.29) is 0 Å². The number of hydrogen-bond acceptors (Lipinski definition) is 0. The molecule has 0 bridgehead atoms. The minimum Gasteiger partial charge on any atom is -0.0951 e. The van der Waals surface area contributed by atoms with Crippen LogP contribution in [0.5, 0.6) is 0 Å². The Hall–Kier alpha value is -1.48. The van der Waals surface area contributed by atoms with E-state index < -0.39 is 0 Å². The summed E-state index contributed by atoms with van der Waals surface area (Å²) in [5.74, 6) is 10.1. The van der Waals surface area contributed by atoms with Gasteiger partial charge in [-0.1, -0.05) is 81.7 Å². The lowest BCUT2D eigenvalue weighted by molar-refractivity contribution is 0.289. The highest BCUT2D eigenvalue weighted by Gasteiger charge is 2.21. The van der Waals surface area contributed by atoms with E-state index in [0.29, 0.717) is 5.92 Å². The van der Waals surface area contributed by atoms with Crippen molar-refractivity contribution in [1.29, 1.82) is 0 Å². The smallest absolute Gasteiger partial charge is 0.0206 e. The molecule has 1 aromatic rings. The molecule has 0 aliphatic heterocycles. The average molecular weight is 391 g/mol. The molecule has 0 spiro atoms. The SMILES string of the molecule is CCCCC[C@H]1CC[C@H](/C=C/C#C[C@H]2CC[C@H](c3ccc(CC)cc3)CC2)CC1. The van der Waals surface area contributed by atoms with Gasteiger partial charge < -0.3 is 0 Å². The van der Waals surface area contributed by atoms with Crippen LogP contribution in [0.3, 0.4) is 0 Å². The van der Waals surface area contributed by atoms with Gasteiger partial charge in [0.2, 0.25) is 0 Å². The molecule has 0 radical (unpaired) electrons. The van der Waals surface area contributed by atoms with Crippen LogP contribution in [0, 0.1) is 29.6 Å². The summed E-state index contributed by atoms with van der Waals surface area (Å²) in [7, 11) is 0. The van der Waals surface area contributed by atoms with Gasteiger partial charge in [-0.3, -0.25) is 0 Å². The Balaban J connectivity index is 1.35. The fourth-order valence-corrected chi connectivity index (χ4v) is 5.30. The van der Waals surface area contributed by atoms with Gasteiger partial charge in [-0.05, 0) is 92.7 Å². The van der Waals surface area contributed by atoms with Gasteiger partial charge in [-0.15, -0.1) is 0 Å². The molecule has 2 fully saturated rings. The Morgan fingerprint density at radius 1 is 0.862 bits per heavy atom. The van der Waals surface area contributed by atoms with E-state index in [9.17, 15) is 0 Å². The Bertz CT molecular complexity index is 652. The van der Waals surface area contributed by atoms with Crippen molar-refractivity contribution in [2.45, 2.75) is 103 Å². The molecule has 1 aromatic carbocycles. The highest BCUT2D eigenvalue weighted by Crippen LogP contribution is 2.36. The molecule has 0 atom stereocenters. The summed E-state index contributed by atoms with van der Waals surface area (Å²) in [5, 5.41) is 0. The lowest BCUT2D eigenvalue weighted by atomic mass is 9.78. The van der Waals surface area contributed by atoms with Crippen LogP contribution < -0.4 is 0 Å². The first-order valence-electron chi connectivity index (χ1n) is 12.5. The summed E-state index contributed by atoms with van der Waals surface area (Å²) in [5.41, 5.74) is 2.99. The van der Waals surface area contributed by atoms with E-state index in [1.807, 2.05) is 0 Å². The molecule has 0 saturated heterocycles. The Kier molecular flexibility index (Phi) is 9.40. The molecule has 0 heterocycles. The van der Waals surface area contributed by atoms with E-state index in [2.05, 4.69) is 62.1 Å². The van der Waals surface area contributed by atoms with Gasteiger partial charge in [0.1, 0.15) is 0 Å². The van der Waals surface area contributed by atoms with Crippen molar-refractivity contribution in [1.82, 2.24) is 0 Å². The van der Waals surface area contributed by atoms with Gasteiger partial charge in [-0.2, -0.15) is 0 Å². The number of benzene rings is 1. The van der Waals surface area contributed by atoms with Gasteiger partial charge in [-0.25, -0.2) is 0 Å². The van der Waals surface area contributed by atoms with Gasteiger partial charge >= 0.3 is 0 Å². The normalized spacial score (nSPS) is 27.5. The highest BCUT2D eigenvalue weighted by atomic mass is 14.3. The van der Waals surface area contributed by atoms with E-state index in [1.165, 1.54) is 82.6 Å². The number of aryl methyl sites for hydroxylation is 1. The van der Waals surface area contributed by atoms with Crippen LogP contribution >= 0.6 is 0 Å². The predicted molar refractivity (Wildman–Crippen MR) is 127 cm³/mol. The van der Waals surface area contributed by atoms with Gasteiger partial charge in [0, 0.05) is 5.92 Å². The maximum absolute atomic E-state index is 3.56. The zero-order valence-electron chi connectivity index (χ0n) is 19.0. The van der Waals surface area contributed by atoms with Crippen LogP contribution in [0.2, 0.25) is 0 Å². The van der Waals surface area contributed by atoms with Gasteiger partial charge in [0.15, 0.2) is 0 Å². The summed E-state index contributed by atoms with van der Waals surface area (Å²) < 4.78 is 0. The van der Waals surface area contributed by atoms with E-state index in [1.54, 1.807) is 5.56 Å². The fraction of sp³-hybridized carbons (Fsp3) is 0.655. The molecular weight excluding hydrogens is 348 g/mol. The molecule has 0 N–H and O–H groups in total. The maximum Gasteiger partial charge on any atom is 0.0206 e. The van der Waals surface area contributed by atoms with Crippen LogP contribution in [0.25, 0.3) is 0 Å². The number of hydrogen-bond donors (Lipinski definition) is 0. The van der Waals surface area contributed by atoms with Crippen LogP contribution in [-0.2, 0) is 6.42 Å². The molecule has 2 saturated carbocycles. The third-order valence-corrected chi connectivity index (χ3v) is 7.43. The van der Waals surface area contributed by atoms with Crippen molar-refractivity contribution in [3.05, 3.63) is 47.5 Å². The number of allylic oxidation sites excluding steroid dienone is 2. The second-order valence-corrected chi connectivity index (χ2v) is 9.57. The number of rotatable bonds is 7. The Labute approximate surface area is 180 Å². The lowest BCUT2D eigenvalue weighted by Crippen LogP contribution is -2.13. The van der Waals surface area contributed by atoms with Crippen LogP contribution in [0.4, 0.5) is 0 Å². The second kappa shape index (κ2) is 12.3. The first-order valence-corrected chi connectivity index (χ1v) is 12.5. The Morgan fingerprint density at radius 3 is 2.24 bits per heavy atom. The lowest BCUT2D eigenvalue weighted by Gasteiger charge is -2.26. The summed E-state index contributed by atoms with van der Waals surface area (Å²) in [4.78, 5) is 0. The molecule has 2 aliphatic rings. The van der Waals surface area contributed by atoms with Crippen molar-refractivity contribution in [2.24, 2.45) is 17.8 Å². The standard InChI is InChI=1S/C29H42/c1-3-5-6-9-25-12-14-26(15-13-25)10-7-8-11-27-18-22-29(23-19-27)28-20-16-24(4-2)17-21-28/h7,10,16-17,20-21,25-27,29H,3-6,9,12-15,18-19,22-23H2,1-2H3/b10-7+/t25-,26-,27-,29-.